The van der Waals surface area contributed by atoms with E-state index in [-0.39, 0.29) is 5.97 Å². The number of esters is 1. The molecule has 0 saturated carbocycles. The standard InChI is InChI=1S/C14H19NO2/c1-11-6-5-9-15(10-11)13-8-4-3-7-12(13)14(16)17-2/h3-4,7-8,11H,5-6,9-10H2,1-2H3/t11-/m0/s1. The van der Waals surface area contributed by atoms with Crippen molar-refractivity contribution in [2.45, 2.75) is 19.8 Å². The molecule has 1 aliphatic heterocycles. The molecule has 3 nitrogen and oxygen atoms in total. The summed E-state index contributed by atoms with van der Waals surface area (Å²) in [5.41, 5.74) is 1.68. The van der Waals surface area contributed by atoms with Crippen LogP contribution in [0.3, 0.4) is 0 Å². The molecule has 0 spiro atoms. The summed E-state index contributed by atoms with van der Waals surface area (Å²) < 4.78 is 4.83. The Morgan fingerprint density at radius 3 is 2.88 bits per heavy atom. The van der Waals surface area contributed by atoms with Gasteiger partial charge in [0.1, 0.15) is 0 Å². The highest BCUT2D eigenvalue weighted by atomic mass is 16.5. The van der Waals surface area contributed by atoms with Crippen LogP contribution in [0.1, 0.15) is 30.1 Å². The second-order valence-electron chi connectivity index (χ2n) is 4.70. The highest BCUT2D eigenvalue weighted by Crippen LogP contribution is 2.26. The van der Waals surface area contributed by atoms with Crippen LogP contribution in [-0.2, 0) is 4.74 Å². The van der Waals surface area contributed by atoms with Crippen LogP contribution < -0.4 is 4.90 Å². The van der Waals surface area contributed by atoms with Crippen LogP contribution >= 0.6 is 0 Å². The quantitative estimate of drug-likeness (QED) is 0.736. The lowest BCUT2D eigenvalue weighted by molar-refractivity contribution is 0.0601. The van der Waals surface area contributed by atoms with Gasteiger partial charge in [0.25, 0.3) is 0 Å². The van der Waals surface area contributed by atoms with Crippen LogP contribution in [0.25, 0.3) is 0 Å². The van der Waals surface area contributed by atoms with E-state index in [4.69, 9.17) is 4.74 Å². The number of carbonyl (C=O) groups is 1. The van der Waals surface area contributed by atoms with Crippen molar-refractivity contribution in [1.29, 1.82) is 0 Å². The summed E-state index contributed by atoms with van der Waals surface area (Å²) in [6, 6.07) is 7.69. The average Bonchev–Trinajstić information content (AvgIpc) is 2.38. The van der Waals surface area contributed by atoms with Crippen molar-refractivity contribution in [2.75, 3.05) is 25.1 Å². The van der Waals surface area contributed by atoms with Gasteiger partial charge in [0.15, 0.2) is 0 Å². The van der Waals surface area contributed by atoms with E-state index in [9.17, 15) is 4.79 Å². The molecule has 2 rings (SSSR count). The Bertz CT molecular complexity index is 403. The van der Waals surface area contributed by atoms with E-state index in [2.05, 4.69) is 11.8 Å². The van der Waals surface area contributed by atoms with Gasteiger partial charge in [-0.3, -0.25) is 0 Å². The van der Waals surface area contributed by atoms with Crippen LogP contribution in [0.5, 0.6) is 0 Å². The third-order valence-corrected chi connectivity index (χ3v) is 3.31. The lowest BCUT2D eigenvalue weighted by atomic mass is 9.99. The molecule has 3 heteroatoms. The summed E-state index contributed by atoms with van der Waals surface area (Å²) in [6.45, 7) is 4.30. The molecule has 1 saturated heterocycles. The SMILES string of the molecule is COC(=O)c1ccccc1N1CCC[C@H](C)C1. The Balaban J connectivity index is 2.27. The van der Waals surface area contributed by atoms with Gasteiger partial charge in [-0.2, -0.15) is 0 Å². The maximum atomic E-state index is 11.7. The number of nitrogens with zero attached hydrogens (tertiary/aromatic N) is 1. The molecule has 92 valence electrons. The number of piperidine rings is 1. The molecule has 1 aliphatic rings. The first-order valence-electron chi connectivity index (χ1n) is 6.14. The van der Waals surface area contributed by atoms with Crippen molar-refractivity contribution < 1.29 is 9.53 Å². The van der Waals surface area contributed by atoms with Gasteiger partial charge in [0.05, 0.1) is 18.4 Å². The highest BCUT2D eigenvalue weighted by molar-refractivity contribution is 5.95. The number of rotatable bonds is 2. The fraction of sp³-hybridized carbons (Fsp3) is 0.500. The number of hydrogen-bond donors (Lipinski definition) is 0. The second kappa shape index (κ2) is 5.21. The third kappa shape index (κ3) is 2.60. The summed E-state index contributed by atoms with van der Waals surface area (Å²) >= 11 is 0. The number of para-hydroxylation sites is 1. The lowest BCUT2D eigenvalue weighted by Gasteiger charge is -2.33. The first-order valence-corrected chi connectivity index (χ1v) is 6.14. The fourth-order valence-corrected chi connectivity index (χ4v) is 2.44. The van der Waals surface area contributed by atoms with Crippen LogP contribution in [0.4, 0.5) is 5.69 Å². The molecule has 1 aromatic rings. The minimum Gasteiger partial charge on any atom is -0.465 e. The Morgan fingerprint density at radius 1 is 1.41 bits per heavy atom. The van der Waals surface area contributed by atoms with Crippen LogP contribution in [0, 0.1) is 5.92 Å². The fourth-order valence-electron chi connectivity index (χ4n) is 2.44. The topological polar surface area (TPSA) is 29.5 Å². The Kier molecular flexibility index (Phi) is 3.67. The number of hydrogen-bond acceptors (Lipinski definition) is 3. The van der Waals surface area contributed by atoms with Crippen molar-refractivity contribution in [3.8, 4) is 0 Å². The van der Waals surface area contributed by atoms with Gasteiger partial charge in [-0.1, -0.05) is 19.1 Å². The van der Waals surface area contributed by atoms with Crippen LogP contribution in [0.2, 0.25) is 0 Å². The zero-order valence-electron chi connectivity index (χ0n) is 10.5. The van der Waals surface area contributed by atoms with Gasteiger partial charge in [0, 0.05) is 13.1 Å². The van der Waals surface area contributed by atoms with E-state index in [1.165, 1.54) is 20.0 Å². The van der Waals surface area contributed by atoms with Crippen LogP contribution in [-0.4, -0.2) is 26.2 Å². The smallest absolute Gasteiger partial charge is 0.339 e. The number of ether oxygens (including phenoxy) is 1. The number of methoxy groups -OCH3 is 1. The molecule has 17 heavy (non-hydrogen) atoms. The van der Waals surface area contributed by atoms with E-state index >= 15 is 0 Å². The largest absolute Gasteiger partial charge is 0.465 e. The maximum Gasteiger partial charge on any atom is 0.339 e. The normalized spacial score (nSPS) is 20.1. The lowest BCUT2D eigenvalue weighted by Crippen LogP contribution is -2.35. The van der Waals surface area contributed by atoms with Crippen molar-refractivity contribution in [1.82, 2.24) is 0 Å². The van der Waals surface area contributed by atoms with E-state index in [0.717, 1.165) is 18.8 Å². The molecule has 0 bridgehead atoms. The summed E-state index contributed by atoms with van der Waals surface area (Å²) in [5.74, 6) is 0.438. The Labute approximate surface area is 102 Å². The van der Waals surface area contributed by atoms with Crippen molar-refractivity contribution in [2.24, 2.45) is 5.92 Å². The molecule has 1 aromatic carbocycles. The Hall–Kier alpha value is -1.51. The molecule has 0 radical (unpaired) electrons. The maximum absolute atomic E-state index is 11.7. The molecular formula is C14H19NO2. The molecule has 1 heterocycles. The molecular weight excluding hydrogens is 214 g/mol. The summed E-state index contributed by atoms with van der Waals surface area (Å²) in [5, 5.41) is 0. The molecule has 0 aliphatic carbocycles. The van der Waals surface area contributed by atoms with E-state index in [1.807, 2.05) is 24.3 Å². The van der Waals surface area contributed by atoms with Gasteiger partial charge < -0.3 is 9.64 Å². The molecule has 0 amide bonds. The summed E-state index contributed by atoms with van der Waals surface area (Å²) in [6.07, 6.45) is 2.47. The molecule has 0 N–H and O–H groups in total. The zero-order valence-corrected chi connectivity index (χ0v) is 10.5. The molecule has 1 atom stereocenters. The zero-order chi connectivity index (χ0) is 12.3. The minimum atomic E-state index is -0.251. The predicted octanol–water partition coefficient (Wildman–Crippen LogP) is 2.71. The monoisotopic (exact) mass is 233 g/mol. The van der Waals surface area contributed by atoms with E-state index in [1.54, 1.807) is 0 Å². The van der Waals surface area contributed by atoms with Gasteiger partial charge in [-0.25, -0.2) is 4.79 Å². The van der Waals surface area contributed by atoms with Gasteiger partial charge in [-0.15, -0.1) is 0 Å². The number of anilines is 1. The average molecular weight is 233 g/mol. The summed E-state index contributed by atoms with van der Waals surface area (Å²) in [7, 11) is 1.43. The van der Waals surface area contributed by atoms with Gasteiger partial charge >= 0.3 is 5.97 Å². The van der Waals surface area contributed by atoms with Crippen molar-refractivity contribution in [3.05, 3.63) is 29.8 Å². The first kappa shape index (κ1) is 12.0. The van der Waals surface area contributed by atoms with Crippen LogP contribution in [0.15, 0.2) is 24.3 Å². The van der Waals surface area contributed by atoms with Crippen molar-refractivity contribution in [3.63, 3.8) is 0 Å². The molecule has 0 aromatic heterocycles. The third-order valence-electron chi connectivity index (χ3n) is 3.31. The number of benzene rings is 1. The highest BCUT2D eigenvalue weighted by Gasteiger charge is 2.21. The predicted molar refractivity (Wildman–Crippen MR) is 68.4 cm³/mol. The number of carbonyl (C=O) groups excluding carboxylic acids is 1. The van der Waals surface area contributed by atoms with E-state index in [0.29, 0.717) is 11.5 Å². The van der Waals surface area contributed by atoms with Gasteiger partial charge in [0.2, 0.25) is 0 Å². The summed E-state index contributed by atoms with van der Waals surface area (Å²) in [4.78, 5) is 14.0. The molecule has 0 unspecified atom stereocenters. The van der Waals surface area contributed by atoms with Crippen molar-refractivity contribution >= 4 is 11.7 Å². The second-order valence-corrected chi connectivity index (χ2v) is 4.70. The Morgan fingerprint density at radius 2 is 2.18 bits per heavy atom. The minimum absolute atomic E-state index is 0.251. The van der Waals surface area contributed by atoms with Gasteiger partial charge in [-0.05, 0) is 30.9 Å². The first-order chi connectivity index (χ1) is 8.22. The van der Waals surface area contributed by atoms with E-state index < -0.39 is 0 Å². The molecule has 1 fully saturated rings.